The fourth-order valence-corrected chi connectivity index (χ4v) is 2.74. The van der Waals surface area contributed by atoms with E-state index in [1.807, 2.05) is 17.7 Å². The summed E-state index contributed by atoms with van der Waals surface area (Å²) in [5.74, 6) is 1.34. The molecule has 0 atom stereocenters. The number of nitrogens with one attached hydrogen (secondary N) is 3. The van der Waals surface area contributed by atoms with Gasteiger partial charge in [-0.05, 0) is 37.1 Å². The molecule has 0 unspecified atom stereocenters. The predicted octanol–water partition coefficient (Wildman–Crippen LogP) is 2.44. The summed E-state index contributed by atoms with van der Waals surface area (Å²) < 4.78 is 15.2. The molecular weight excluding hydrogens is 448 g/mol. The first-order valence-corrected chi connectivity index (χ1v) is 8.28. The standard InChI is InChI=1S/C17H22FN7.HI/c1-3-25-11-23-24-16(25)10-22-17(19-2)20-7-6-12-9-21-15-8-13(18)4-5-14(12)15;/h4-5,8-9,11,21H,3,6-7,10H2,1-2H3,(H2,19,20,22);1H. The van der Waals surface area contributed by atoms with Gasteiger partial charge in [-0.1, -0.05) is 0 Å². The van der Waals surface area contributed by atoms with Gasteiger partial charge in [-0.3, -0.25) is 4.99 Å². The number of fused-ring (bicyclic) bond motifs is 1. The highest BCUT2D eigenvalue weighted by atomic mass is 127. The molecule has 0 amide bonds. The molecule has 0 aliphatic rings. The Morgan fingerprint density at radius 2 is 2.19 bits per heavy atom. The summed E-state index contributed by atoms with van der Waals surface area (Å²) in [6.07, 6.45) is 4.44. The van der Waals surface area contributed by atoms with E-state index in [0.29, 0.717) is 19.0 Å². The summed E-state index contributed by atoms with van der Waals surface area (Å²) in [5, 5.41) is 15.5. The van der Waals surface area contributed by atoms with Crippen molar-refractivity contribution >= 4 is 40.8 Å². The molecule has 9 heteroatoms. The summed E-state index contributed by atoms with van der Waals surface area (Å²) >= 11 is 0. The molecule has 0 saturated carbocycles. The third kappa shape index (κ3) is 4.71. The van der Waals surface area contributed by atoms with Gasteiger partial charge in [0.2, 0.25) is 0 Å². The van der Waals surface area contributed by atoms with Crippen molar-refractivity contribution in [1.82, 2.24) is 30.4 Å². The highest BCUT2D eigenvalue weighted by Gasteiger charge is 2.06. The van der Waals surface area contributed by atoms with Gasteiger partial charge in [0.05, 0.1) is 6.54 Å². The van der Waals surface area contributed by atoms with Gasteiger partial charge in [-0.25, -0.2) is 4.39 Å². The van der Waals surface area contributed by atoms with Crippen molar-refractivity contribution in [1.29, 1.82) is 0 Å². The molecule has 0 spiro atoms. The number of aromatic nitrogens is 4. The lowest BCUT2D eigenvalue weighted by Gasteiger charge is -2.11. The van der Waals surface area contributed by atoms with Crippen LogP contribution in [-0.2, 0) is 19.5 Å². The lowest BCUT2D eigenvalue weighted by Crippen LogP contribution is -2.38. The van der Waals surface area contributed by atoms with Crippen LogP contribution in [0.3, 0.4) is 0 Å². The number of nitrogens with zero attached hydrogens (tertiary/aromatic N) is 4. The Hall–Kier alpha value is -2.17. The van der Waals surface area contributed by atoms with Gasteiger partial charge in [0.25, 0.3) is 0 Å². The summed E-state index contributed by atoms with van der Waals surface area (Å²) in [7, 11) is 1.73. The van der Waals surface area contributed by atoms with Gasteiger partial charge in [-0.2, -0.15) is 0 Å². The second-order valence-electron chi connectivity index (χ2n) is 5.64. The van der Waals surface area contributed by atoms with Gasteiger partial charge in [0.15, 0.2) is 11.8 Å². The zero-order chi connectivity index (χ0) is 17.6. The Bertz CT molecular complexity index is 871. The number of aromatic amines is 1. The molecule has 1 aromatic carbocycles. The number of guanidine groups is 1. The predicted molar refractivity (Wildman–Crippen MR) is 111 cm³/mol. The smallest absolute Gasteiger partial charge is 0.191 e. The van der Waals surface area contributed by atoms with E-state index >= 15 is 0 Å². The lowest BCUT2D eigenvalue weighted by molar-refractivity contribution is 0.629. The molecule has 0 aliphatic heterocycles. The summed E-state index contributed by atoms with van der Waals surface area (Å²) in [4.78, 5) is 7.32. The molecule has 7 nitrogen and oxygen atoms in total. The second-order valence-corrected chi connectivity index (χ2v) is 5.64. The van der Waals surface area contributed by atoms with Crippen LogP contribution < -0.4 is 10.6 Å². The van der Waals surface area contributed by atoms with Crippen LogP contribution in [0.2, 0.25) is 0 Å². The fraction of sp³-hybridized carbons (Fsp3) is 0.353. The summed E-state index contributed by atoms with van der Waals surface area (Å²) in [6.45, 7) is 4.15. The zero-order valence-electron chi connectivity index (χ0n) is 14.8. The van der Waals surface area contributed by atoms with Gasteiger partial charge >= 0.3 is 0 Å². The molecule has 2 aromatic heterocycles. The third-order valence-electron chi connectivity index (χ3n) is 4.09. The Balaban J connectivity index is 0.00000243. The topological polar surface area (TPSA) is 82.9 Å². The highest BCUT2D eigenvalue weighted by Crippen LogP contribution is 2.19. The minimum absolute atomic E-state index is 0. The maximum atomic E-state index is 13.2. The van der Waals surface area contributed by atoms with Crippen LogP contribution in [-0.4, -0.2) is 39.3 Å². The van der Waals surface area contributed by atoms with Crippen molar-refractivity contribution in [2.75, 3.05) is 13.6 Å². The van der Waals surface area contributed by atoms with E-state index in [2.05, 4.69) is 30.8 Å². The van der Waals surface area contributed by atoms with E-state index in [1.54, 1.807) is 19.4 Å². The van der Waals surface area contributed by atoms with Crippen molar-refractivity contribution in [3.8, 4) is 0 Å². The Labute approximate surface area is 168 Å². The van der Waals surface area contributed by atoms with E-state index < -0.39 is 0 Å². The highest BCUT2D eigenvalue weighted by molar-refractivity contribution is 14.0. The largest absolute Gasteiger partial charge is 0.361 e. The first-order chi connectivity index (χ1) is 12.2. The number of H-pyrrole nitrogens is 1. The number of aryl methyl sites for hydroxylation is 1. The molecular formula is C17H23FIN7. The second kappa shape index (κ2) is 9.51. The lowest BCUT2D eigenvalue weighted by atomic mass is 10.1. The molecule has 0 bridgehead atoms. The van der Waals surface area contributed by atoms with Crippen LogP contribution in [0.25, 0.3) is 10.9 Å². The SMILES string of the molecule is CCn1cnnc1CNC(=NC)NCCc1c[nH]c2cc(F)ccc12.I. The van der Waals surface area contributed by atoms with E-state index in [1.165, 1.54) is 12.1 Å². The number of hydrogen-bond acceptors (Lipinski definition) is 3. The number of benzene rings is 1. The number of aliphatic imine (C=N–C) groups is 1. The van der Waals surface area contributed by atoms with Crippen molar-refractivity contribution in [3.63, 3.8) is 0 Å². The molecule has 3 aromatic rings. The van der Waals surface area contributed by atoms with Gasteiger partial charge in [0, 0.05) is 37.2 Å². The first kappa shape index (κ1) is 20.1. The Kier molecular flexibility index (Phi) is 7.37. The molecule has 3 N–H and O–H groups in total. The molecule has 0 radical (unpaired) electrons. The van der Waals surface area contributed by atoms with Crippen molar-refractivity contribution < 1.29 is 4.39 Å². The fourth-order valence-electron chi connectivity index (χ4n) is 2.74. The van der Waals surface area contributed by atoms with E-state index in [0.717, 1.165) is 35.3 Å². The normalized spacial score (nSPS) is 11.4. The molecule has 0 aliphatic carbocycles. The monoisotopic (exact) mass is 471 g/mol. The number of rotatable bonds is 6. The minimum Gasteiger partial charge on any atom is -0.361 e. The molecule has 140 valence electrons. The average molecular weight is 471 g/mol. The van der Waals surface area contributed by atoms with Gasteiger partial charge < -0.3 is 20.2 Å². The molecule has 2 heterocycles. The third-order valence-corrected chi connectivity index (χ3v) is 4.09. The molecule has 26 heavy (non-hydrogen) atoms. The van der Waals surface area contributed by atoms with Crippen LogP contribution in [0.15, 0.2) is 35.7 Å². The Morgan fingerprint density at radius 1 is 1.35 bits per heavy atom. The maximum Gasteiger partial charge on any atom is 0.191 e. The van der Waals surface area contributed by atoms with Crippen LogP contribution >= 0.6 is 24.0 Å². The zero-order valence-corrected chi connectivity index (χ0v) is 17.1. The summed E-state index contributed by atoms with van der Waals surface area (Å²) in [5.41, 5.74) is 1.96. The molecule has 0 fully saturated rings. The number of halogens is 2. The van der Waals surface area contributed by atoms with E-state index in [-0.39, 0.29) is 29.8 Å². The van der Waals surface area contributed by atoms with Crippen LogP contribution in [0.4, 0.5) is 4.39 Å². The van der Waals surface area contributed by atoms with E-state index in [9.17, 15) is 4.39 Å². The quantitative estimate of drug-likeness (QED) is 0.293. The van der Waals surface area contributed by atoms with Crippen LogP contribution in [0, 0.1) is 5.82 Å². The van der Waals surface area contributed by atoms with Crippen molar-refractivity contribution in [2.24, 2.45) is 4.99 Å². The van der Waals surface area contributed by atoms with Crippen molar-refractivity contribution in [2.45, 2.75) is 26.4 Å². The average Bonchev–Trinajstić information content (AvgIpc) is 3.24. The van der Waals surface area contributed by atoms with E-state index in [4.69, 9.17) is 0 Å². The first-order valence-electron chi connectivity index (χ1n) is 8.28. The van der Waals surface area contributed by atoms with Gasteiger partial charge in [-0.15, -0.1) is 34.2 Å². The maximum absolute atomic E-state index is 13.2. The van der Waals surface area contributed by atoms with Crippen molar-refractivity contribution in [3.05, 3.63) is 47.9 Å². The number of hydrogen-bond donors (Lipinski definition) is 3. The summed E-state index contributed by atoms with van der Waals surface area (Å²) in [6, 6.07) is 4.80. The van der Waals surface area contributed by atoms with Gasteiger partial charge in [0.1, 0.15) is 12.1 Å². The Morgan fingerprint density at radius 3 is 2.96 bits per heavy atom. The van der Waals surface area contributed by atoms with Crippen LogP contribution in [0.1, 0.15) is 18.3 Å². The minimum atomic E-state index is -0.233. The molecule has 0 saturated heterocycles. The van der Waals surface area contributed by atoms with Crippen LogP contribution in [0.5, 0.6) is 0 Å². The molecule has 3 rings (SSSR count).